The van der Waals surface area contributed by atoms with Gasteiger partial charge in [0.25, 0.3) is 0 Å². The molecule has 0 radical (unpaired) electrons. The van der Waals surface area contributed by atoms with E-state index in [2.05, 4.69) is 0 Å². The van der Waals surface area contributed by atoms with Crippen molar-refractivity contribution in [3.8, 4) is 0 Å². The van der Waals surface area contributed by atoms with E-state index in [1.807, 2.05) is 0 Å². The lowest BCUT2D eigenvalue weighted by atomic mass is 9.98. The molecule has 0 N–H and O–H groups in total. The molecule has 2 aliphatic rings. The van der Waals surface area contributed by atoms with Gasteiger partial charge >= 0.3 is 12.1 Å². The molecule has 2 aliphatic heterocycles. The molecule has 2 rings (SSSR count). The second-order valence-corrected chi connectivity index (χ2v) is 4.97. The molecular formula is C13H20N2O5. The minimum atomic E-state index is -0.447. The molecule has 0 aromatic rings. The van der Waals surface area contributed by atoms with E-state index in [1.165, 1.54) is 4.90 Å². The topological polar surface area (TPSA) is 76.2 Å². The van der Waals surface area contributed by atoms with Crippen LogP contribution in [0.2, 0.25) is 0 Å². The quantitative estimate of drug-likeness (QED) is 0.691. The summed E-state index contributed by atoms with van der Waals surface area (Å²) in [6.45, 7) is 3.91. The first kappa shape index (κ1) is 14.6. The number of likely N-dealkylation sites (tertiary alicyclic amines) is 1. The fourth-order valence-corrected chi connectivity index (χ4v) is 2.49. The number of hydrogen-bond acceptors (Lipinski definition) is 5. The van der Waals surface area contributed by atoms with Crippen LogP contribution < -0.4 is 0 Å². The van der Waals surface area contributed by atoms with Crippen molar-refractivity contribution in [3.63, 3.8) is 0 Å². The van der Waals surface area contributed by atoms with E-state index in [0.29, 0.717) is 32.8 Å². The number of esters is 1. The van der Waals surface area contributed by atoms with Crippen LogP contribution in [0.25, 0.3) is 0 Å². The Morgan fingerprint density at radius 3 is 2.85 bits per heavy atom. The van der Waals surface area contributed by atoms with Crippen molar-refractivity contribution in [3.05, 3.63) is 0 Å². The van der Waals surface area contributed by atoms with Crippen molar-refractivity contribution in [1.82, 2.24) is 9.80 Å². The zero-order valence-electron chi connectivity index (χ0n) is 11.7. The van der Waals surface area contributed by atoms with Crippen LogP contribution >= 0.6 is 0 Å². The van der Waals surface area contributed by atoms with Gasteiger partial charge in [-0.2, -0.15) is 0 Å². The van der Waals surface area contributed by atoms with E-state index in [-0.39, 0.29) is 24.3 Å². The van der Waals surface area contributed by atoms with Crippen molar-refractivity contribution in [2.75, 3.05) is 39.4 Å². The van der Waals surface area contributed by atoms with Gasteiger partial charge in [-0.15, -0.1) is 0 Å². The molecule has 0 spiro atoms. The van der Waals surface area contributed by atoms with Crippen molar-refractivity contribution in [2.45, 2.75) is 19.8 Å². The fourth-order valence-electron chi connectivity index (χ4n) is 2.49. The summed E-state index contributed by atoms with van der Waals surface area (Å²) < 4.78 is 9.79. The lowest BCUT2D eigenvalue weighted by molar-refractivity contribution is -0.151. The second-order valence-electron chi connectivity index (χ2n) is 4.97. The monoisotopic (exact) mass is 284 g/mol. The lowest BCUT2D eigenvalue weighted by Gasteiger charge is -2.32. The Morgan fingerprint density at radius 1 is 1.40 bits per heavy atom. The number of carbonyl (C=O) groups is 3. The van der Waals surface area contributed by atoms with Gasteiger partial charge in [-0.3, -0.25) is 14.5 Å². The Bertz CT molecular complexity index is 398. The smallest absolute Gasteiger partial charge is 0.410 e. The molecule has 1 atom stereocenters. The minimum absolute atomic E-state index is 0.0222. The summed E-state index contributed by atoms with van der Waals surface area (Å²) >= 11 is 0. The Balaban J connectivity index is 1.86. The number of amides is 2. The van der Waals surface area contributed by atoms with Crippen LogP contribution in [0.4, 0.5) is 4.79 Å². The third kappa shape index (κ3) is 3.40. The van der Waals surface area contributed by atoms with Gasteiger partial charge in [-0.25, -0.2) is 4.79 Å². The normalized spacial score (nSPS) is 22.6. The molecule has 0 saturated carbocycles. The molecule has 7 nitrogen and oxygen atoms in total. The number of nitrogens with zero attached hydrogens (tertiary/aromatic N) is 2. The molecule has 2 amide bonds. The van der Waals surface area contributed by atoms with Gasteiger partial charge in [-0.1, -0.05) is 0 Å². The van der Waals surface area contributed by atoms with Crippen LogP contribution in [0.3, 0.4) is 0 Å². The van der Waals surface area contributed by atoms with Crippen molar-refractivity contribution < 1.29 is 23.9 Å². The first-order valence-electron chi connectivity index (χ1n) is 6.98. The van der Waals surface area contributed by atoms with Crippen molar-refractivity contribution in [2.24, 2.45) is 5.92 Å². The molecule has 7 heteroatoms. The van der Waals surface area contributed by atoms with E-state index in [0.717, 1.165) is 12.8 Å². The third-order valence-corrected chi connectivity index (χ3v) is 3.57. The Kier molecular flexibility index (Phi) is 4.81. The average Bonchev–Trinajstić information content (AvgIpc) is 2.85. The van der Waals surface area contributed by atoms with Gasteiger partial charge in [0.15, 0.2) is 0 Å². The predicted octanol–water partition coefficient (Wildman–Crippen LogP) is 0.240. The second kappa shape index (κ2) is 6.58. The molecular weight excluding hydrogens is 264 g/mol. The van der Waals surface area contributed by atoms with Gasteiger partial charge < -0.3 is 14.4 Å². The lowest BCUT2D eigenvalue weighted by Crippen LogP contribution is -2.47. The number of cyclic esters (lactones) is 1. The zero-order valence-corrected chi connectivity index (χ0v) is 11.7. The first-order chi connectivity index (χ1) is 9.61. The van der Waals surface area contributed by atoms with E-state index in [9.17, 15) is 14.4 Å². The molecule has 112 valence electrons. The number of carbonyl (C=O) groups excluding carboxylic acids is 3. The van der Waals surface area contributed by atoms with E-state index in [4.69, 9.17) is 9.47 Å². The maximum Gasteiger partial charge on any atom is 0.410 e. The standard InChI is InChI=1S/C13H20N2O5/c1-2-19-12(17)10-4-3-5-14(8-10)11(16)9-15-6-7-20-13(15)18/h10H,2-9H2,1H3. The molecule has 2 fully saturated rings. The molecule has 0 aromatic heterocycles. The first-order valence-corrected chi connectivity index (χ1v) is 6.98. The molecule has 20 heavy (non-hydrogen) atoms. The number of ether oxygens (including phenoxy) is 2. The van der Waals surface area contributed by atoms with Crippen LogP contribution in [0.5, 0.6) is 0 Å². The van der Waals surface area contributed by atoms with Gasteiger partial charge in [0, 0.05) is 13.1 Å². The Hall–Kier alpha value is -1.79. The largest absolute Gasteiger partial charge is 0.466 e. The highest BCUT2D eigenvalue weighted by Gasteiger charge is 2.31. The Morgan fingerprint density at radius 2 is 2.20 bits per heavy atom. The maximum atomic E-state index is 12.2. The van der Waals surface area contributed by atoms with Gasteiger partial charge in [0.05, 0.1) is 19.1 Å². The third-order valence-electron chi connectivity index (χ3n) is 3.57. The van der Waals surface area contributed by atoms with Gasteiger partial charge in [0.1, 0.15) is 13.2 Å². The molecule has 0 aliphatic carbocycles. The SMILES string of the molecule is CCOC(=O)C1CCCN(C(=O)CN2CCOC2=O)C1. The summed E-state index contributed by atoms with van der Waals surface area (Å²) in [4.78, 5) is 38.2. The highest BCUT2D eigenvalue weighted by Crippen LogP contribution is 2.18. The number of rotatable bonds is 4. The van der Waals surface area contributed by atoms with Crippen LogP contribution in [0, 0.1) is 5.92 Å². The molecule has 1 unspecified atom stereocenters. The zero-order chi connectivity index (χ0) is 14.5. The van der Waals surface area contributed by atoms with Crippen LogP contribution in [-0.2, 0) is 19.1 Å². The van der Waals surface area contributed by atoms with Crippen molar-refractivity contribution >= 4 is 18.0 Å². The van der Waals surface area contributed by atoms with Crippen LogP contribution in [-0.4, -0.2) is 67.2 Å². The average molecular weight is 284 g/mol. The van der Waals surface area contributed by atoms with Gasteiger partial charge in [-0.05, 0) is 19.8 Å². The fraction of sp³-hybridized carbons (Fsp3) is 0.769. The summed E-state index contributed by atoms with van der Waals surface area (Å²) in [5.74, 6) is -0.637. The molecule has 0 bridgehead atoms. The summed E-state index contributed by atoms with van der Waals surface area (Å²) in [6, 6.07) is 0. The number of piperidine rings is 1. The van der Waals surface area contributed by atoms with E-state index in [1.54, 1.807) is 11.8 Å². The molecule has 0 aromatic carbocycles. The summed E-state index contributed by atoms with van der Waals surface area (Å²) in [5, 5.41) is 0. The van der Waals surface area contributed by atoms with Crippen LogP contribution in [0.15, 0.2) is 0 Å². The molecule has 2 saturated heterocycles. The van der Waals surface area contributed by atoms with Crippen molar-refractivity contribution in [1.29, 1.82) is 0 Å². The summed E-state index contributed by atoms with van der Waals surface area (Å²) in [5.41, 5.74) is 0. The number of hydrogen-bond donors (Lipinski definition) is 0. The molecule has 2 heterocycles. The predicted molar refractivity (Wildman–Crippen MR) is 68.9 cm³/mol. The highest BCUT2D eigenvalue weighted by atomic mass is 16.6. The summed E-state index contributed by atoms with van der Waals surface area (Å²) in [6.07, 6.45) is 1.07. The van der Waals surface area contributed by atoms with Crippen LogP contribution in [0.1, 0.15) is 19.8 Å². The van der Waals surface area contributed by atoms with E-state index < -0.39 is 6.09 Å². The van der Waals surface area contributed by atoms with E-state index >= 15 is 0 Å². The highest BCUT2D eigenvalue weighted by molar-refractivity contribution is 5.83. The summed E-state index contributed by atoms with van der Waals surface area (Å²) in [7, 11) is 0. The Labute approximate surface area is 117 Å². The van der Waals surface area contributed by atoms with Gasteiger partial charge in [0.2, 0.25) is 5.91 Å². The maximum absolute atomic E-state index is 12.2. The minimum Gasteiger partial charge on any atom is -0.466 e.